The second kappa shape index (κ2) is 7.28. The molecule has 13 heavy (non-hydrogen) atoms. The van der Waals surface area contributed by atoms with E-state index in [0.29, 0.717) is 0 Å². The second-order valence-electron chi connectivity index (χ2n) is 2.39. The van der Waals surface area contributed by atoms with Crippen molar-refractivity contribution in [2.75, 3.05) is 0 Å². The molecule has 3 nitrogen and oxygen atoms in total. The maximum Gasteiger partial charge on any atom is 0.317 e. The molecular weight excluding hydrogens is 168 g/mol. The minimum absolute atomic E-state index is 0.151. The summed E-state index contributed by atoms with van der Waals surface area (Å²) >= 11 is 0. The van der Waals surface area contributed by atoms with E-state index in [-0.39, 0.29) is 12.8 Å². The summed E-state index contributed by atoms with van der Waals surface area (Å²) < 4.78 is 4.47. The third kappa shape index (κ3) is 7.00. The van der Waals surface area contributed by atoms with Crippen LogP contribution in [0.2, 0.25) is 0 Å². The highest BCUT2D eigenvalue weighted by Crippen LogP contribution is 1.93. The first-order valence-corrected chi connectivity index (χ1v) is 4.16. The van der Waals surface area contributed by atoms with Gasteiger partial charge < -0.3 is 4.74 Å². The average molecular weight is 182 g/mol. The summed E-state index contributed by atoms with van der Waals surface area (Å²) in [4.78, 5) is 21.7. The summed E-state index contributed by atoms with van der Waals surface area (Å²) in [6.45, 7) is 3.60. The van der Waals surface area contributed by atoms with Crippen LogP contribution >= 0.6 is 0 Å². The van der Waals surface area contributed by atoms with Gasteiger partial charge in [0.2, 0.25) is 0 Å². The molecule has 0 N–H and O–H groups in total. The molecule has 0 bridgehead atoms. The highest BCUT2D eigenvalue weighted by molar-refractivity contribution is 5.86. The fraction of sp³-hybridized carbons (Fsp3) is 0.400. The van der Waals surface area contributed by atoms with E-state index >= 15 is 0 Å². The number of carbonyl (C=O) groups excluding carboxylic acids is 2. The van der Waals surface area contributed by atoms with Gasteiger partial charge in [-0.25, -0.2) is 0 Å². The lowest BCUT2D eigenvalue weighted by Crippen LogP contribution is -2.10. The van der Waals surface area contributed by atoms with E-state index in [2.05, 4.69) is 4.74 Å². The molecule has 0 aliphatic carbocycles. The predicted octanol–water partition coefficient (Wildman–Crippen LogP) is 1.99. The maximum absolute atomic E-state index is 10.9. The Kier molecular flexibility index (Phi) is 6.51. The summed E-state index contributed by atoms with van der Waals surface area (Å²) in [5.74, 6) is -1.01. The van der Waals surface area contributed by atoms with Crippen LogP contribution in [0.25, 0.3) is 0 Å². The van der Waals surface area contributed by atoms with Crippen molar-refractivity contribution in [1.29, 1.82) is 0 Å². The van der Waals surface area contributed by atoms with Crippen LogP contribution in [0.3, 0.4) is 0 Å². The smallest absolute Gasteiger partial charge is 0.317 e. The molecule has 3 heteroatoms. The van der Waals surface area contributed by atoms with E-state index in [4.69, 9.17) is 0 Å². The van der Waals surface area contributed by atoms with Gasteiger partial charge in [0, 0.05) is 0 Å². The molecule has 0 saturated carbocycles. The summed E-state index contributed by atoms with van der Waals surface area (Å²) in [5, 5.41) is 0. The quantitative estimate of drug-likeness (QED) is 0.379. The van der Waals surface area contributed by atoms with Gasteiger partial charge in [-0.15, -0.1) is 0 Å². The van der Waals surface area contributed by atoms with Gasteiger partial charge in [0.1, 0.15) is 0 Å². The van der Waals surface area contributed by atoms with E-state index in [1.165, 1.54) is 0 Å². The first-order valence-electron chi connectivity index (χ1n) is 4.16. The van der Waals surface area contributed by atoms with Crippen molar-refractivity contribution in [3.05, 3.63) is 24.3 Å². The first-order chi connectivity index (χ1) is 6.20. The number of hydrogen-bond donors (Lipinski definition) is 0. The van der Waals surface area contributed by atoms with Crippen LogP contribution in [0.4, 0.5) is 0 Å². The van der Waals surface area contributed by atoms with Crippen LogP contribution in [-0.4, -0.2) is 11.9 Å². The van der Waals surface area contributed by atoms with Crippen LogP contribution in [0.1, 0.15) is 26.7 Å². The molecule has 0 amide bonds. The third-order valence-electron chi connectivity index (χ3n) is 1.27. The highest BCUT2D eigenvalue weighted by atomic mass is 16.6. The Bertz CT molecular complexity index is 202. The fourth-order valence-corrected chi connectivity index (χ4v) is 0.638. The molecule has 0 unspecified atom stereocenters. The Balaban J connectivity index is 3.71. The number of carbonyl (C=O) groups is 2. The van der Waals surface area contributed by atoms with Gasteiger partial charge >= 0.3 is 11.9 Å². The summed E-state index contributed by atoms with van der Waals surface area (Å²) in [6.07, 6.45) is 7.06. The molecule has 0 heterocycles. The van der Waals surface area contributed by atoms with E-state index in [1.807, 2.05) is 0 Å². The monoisotopic (exact) mass is 182 g/mol. The Morgan fingerprint density at radius 2 is 1.38 bits per heavy atom. The van der Waals surface area contributed by atoms with Gasteiger partial charge in [0.15, 0.2) is 0 Å². The SMILES string of the molecule is CC=CCC(=O)OC(=O)C/C=C/C. The minimum atomic E-state index is -0.507. The standard InChI is InChI=1S/C10H14O3/c1-3-5-7-9(11)13-10(12)8-6-4-2/h3-6H,7-8H2,1-2H3/b5-3+,6-4?. The van der Waals surface area contributed by atoms with Crippen LogP contribution in [0.5, 0.6) is 0 Å². The number of allylic oxidation sites excluding steroid dienone is 2. The van der Waals surface area contributed by atoms with Crippen molar-refractivity contribution < 1.29 is 14.3 Å². The third-order valence-corrected chi connectivity index (χ3v) is 1.27. The van der Waals surface area contributed by atoms with E-state index in [1.54, 1.807) is 38.2 Å². The van der Waals surface area contributed by atoms with Crippen molar-refractivity contribution >= 4 is 11.9 Å². The van der Waals surface area contributed by atoms with E-state index < -0.39 is 11.9 Å². The van der Waals surface area contributed by atoms with E-state index in [0.717, 1.165) is 0 Å². The molecule has 0 aliphatic heterocycles. The molecule has 0 rings (SSSR count). The fourth-order valence-electron chi connectivity index (χ4n) is 0.638. The van der Waals surface area contributed by atoms with Crippen LogP contribution in [0.15, 0.2) is 24.3 Å². The number of hydrogen-bond acceptors (Lipinski definition) is 3. The molecule has 0 spiro atoms. The Hall–Kier alpha value is -1.38. The maximum atomic E-state index is 10.9. The molecular formula is C10H14O3. The lowest BCUT2D eigenvalue weighted by molar-refractivity contribution is -0.158. The number of rotatable bonds is 4. The average Bonchev–Trinajstić information content (AvgIpc) is 2.11. The molecule has 0 aromatic heterocycles. The van der Waals surface area contributed by atoms with Crippen LogP contribution in [-0.2, 0) is 14.3 Å². The van der Waals surface area contributed by atoms with Gasteiger partial charge in [0.25, 0.3) is 0 Å². The number of ether oxygens (including phenoxy) is 1. The molecule has 0 aromatic carbocycles. The molecule has 0 saturated heterocycles. The Morgan fingerprint density at radius 3 is 1.69 bits per heavy atom. The van der Waals surface area contributed by atoms with Crippen molar-refractivity contribution in [3.8, 4) is 0 Å². The minimum Gasteiger partial charge on any atom is -0.393 e. The zero-order valence-corrected chi connectivity index (χ0v) is 7.95. The summed E-state index contributed by atoms with van der Waals surface area (Å²) in [5.41, 5.74) is 0. The highest BCUT2D eigenvalue weighted by Gasteiger charge is 2.05. The van der Waals surface area contributed by atoms with Gasteiger partial charge in [-0.3, -0.25) is 9.59 Å². The zero-order valence-electron chi connectivity index (χ0n) is 7.95. The van der Waals surface area contributed by atoms with Crippen LogP contribution in [0, 0.1) is 0 Å². The topological polar surface area (TPSA) is 43.4 Å². The molecule has 0 aliphatic rings. The van der Waals surface area contributed by atoms with Crippen molar-refractivity contribution in [2.24, 2.45) is 0 Å². The molecule has 72 valence electrons. The normalized spacial score (nSPS) is 10.9. The van der Waals surface area contributed by atoms with Gasteiger partial charge in [0.05, 0.1) is 12.8 Å². The molecule has 0 radical (unpaired) electrons. The summed E-state index contributed by atoms with van der Waals surface area (Å²) in [6, 6.07) is 0. The van der Waals surface area contributed by atoms with Gasteiger partial charge in [-0.05, 0) is 13.8 Å². The first kappa shape index (κ1) is 11.6. The number of esters is 2. The second-order valence-corrected chi connectivity index (χ2v) is 2.39. The Morgan fingerprint density at radius 1 is 1.00 bits per heavy atom. The zero-order chi connectivity index (χ0) is 10.1. The molecule has 0 aromatic rings. The van der Waals surface area contributed by atoms with Crippen molar-refractivity contribution in [2.45, 2.75) is 26.7 Å². The lowest BCUT2D eigenvalue weighted by atomic mass is 10.4. The van der Waals surface area contributed by atoms with Gasteiger partial charge in [-0.2, -0.15) is 0 Å². The largest absolute Gasteiger partial charge is 0.393 e. The molecule has 0 atom stereocenters. The predicted molar refractivity (Wildman–Crippen MR) is 50.0 cm³/mol. The lowest BCUT2D eigenvalue weighted by Gasteiger charge is -1.97. The molecule has 0 fully saturated rings. The van der Waals surface area contributed by atoms with Gasteiger partial charge in [-0.1, -0.05) is 24.3 Å². The van der Waals surface area contributed by atoms with Crippen molar-refractivity contribution in [3.63, 3.8) is 0 Å². The van der Waals surface area contributed by atoms with Crippen molar-refractivity contribution in [1.82, 2.24) is 0 Å². The summed E-state index contributed by atoms with van der Waals surface area (Å²) in [7, 11) is 0. The van der Waals surface area contributed by atoms with Crippen LogP contribution < -0.4 is 0 Å². The van der Waals surface area contributed by atoms with E-state index in [9.17, 15) is 9.59 Å². The Labute approximate surface area is 78.1 Å².